The summed E-state index contributed by atoms with van der Waals surface area (Å²) in [4.78, 5) is 15.8. The van der Waals surface area contributed by atoms with E-state index in [0.717, 1.165) is 35.6 Å². The smallest absolute Gasteiger partial charge is 0.422 e. The van der Waals surface area contributed by atoms with Gasteiger partial charge in [-0.15, -0.1) is 0 Å². The van der Waals surface area contributed by atoms with Gasteiger partial charge in [0.05, 0.1) is 15.1 Å². The molecule has 30 heavy (non-hydrogen) atoms. The Morgan fingerprint density at radius 3 is 2.40 bits per heavy atom. The number of thiazole rings is 1. The number of aromatic nitrogens is 1. The molecule has 13 heteroatoms. The number of nitrogens with zero attached hydrogens (tertiary/aromatic N) is 1. The Morgan fingerprint density at radius 1 is 1.13 bits per heavy atom. The summed E-state index contributed by atoms with van der Waals surface area (Å²) >= 11 is 0.980. The Balaban J connectivity index is 1.73. The lowest BCUT2D eigenvalue weighted by Gasteiger charge is -2.08. The van der Waals surface area contributed by atoms with Crippen LogP contribution in [0.4, 0.5) is 27.1 Å². The van der Waals surface area contributed by atoms with Crippen molar-refractivity contribution in [3.05, 3.63) is 48.0 Å². The Labute approximate surface area is 170 Å². The summed E-state index contributed by atoms with van der Waals surface area (Å²) in [5.41, 5.74) is 0.407. The number of anilines is 1. The number of hydrogen-bond donors (Lipinski definition) is 1. The predicted molar refractivity (Wildman–Crippen MR) is 98.8 cm³/mol. The number of carbonyl (C=O) groups is 1. The maximum Gasteiger partial charge on any atom is 0.422 e. The van der Waals surface area contributed by atoms with Crippen LogP contribution in [0.25, 0.3) is 10.2 Å². The summed E-state index contributed by atoms with van der Waals surface area (Å²) < 4.78 is 89.7. The van der Waals surface area contributed by atoms with E-state index in [1.165, 1.54) is 18.2 Å². The number of halogens is 5. The predicted octanol–water partition coefficient (Wildman–Crippen LogP) is 4.49. The summed E-state index contributed by atoms with van der Waals surface area (Å²) in [6.45, 7) is -1.45. The summed E-state index contributed by atoms with van der Waals surface area (Å²) in [6, 6.07) is 8.00. The second kappa shape index (κ2) is 8.14. The first-order valence-electron chi connectivity index (χ1n) is 7.99. The minimum atomic E-state index is -4.77. The maximum atomic E-state index is 12.5. The lowest BCUT2D eigenvalue weighted by Crippen LogP contribution is -2.19. The van der Waals surface area contributed by atoms with E-state index in [4.69, 9.17) is 0 Å². The van der Waals surface area contributed by atoms with Crippen molar-refractivity contribution in [2.45, 2.75) is 16.8 Å². The van der Waals surface area contributed by atoms with Gasteiger partial charge in [-0.05, 0) is 42.5 Å². The van der Waals surface area contributed by atoms with Crippen LogP contribution < -0.4 is 10.1 Å². The average molecular weight is 466 g/mol. The fourth-order valence-electron chi connectivity index (χ4n) is 2.28. The highest BCUT2D eigenvalue weighted by molar-refractivity contribution is 7.91. The fraction of sp³-hybridized carbons (Fsp3) is 0.176. The first-order valence-corrected chi connectivity index (χ1v) is 10.4. The molecule has 0 radical (unpaired) electrons. The molecule has 0 bridgehead atoms. The van der Waals surface area contributed by atoms with Crippen LogP contribution in [0, 0.1) is 0 Å². The van der Waals surface area contributed by atoms with Crippen LogP contribution in [0.1, 0.15) is 10.4 Å². The first kappa shape index (κ1) is 21.9. The third kappa shape index (κ3) is 5.02. The van der Waals surface area contributed by atoms with Crippen molar-refractivity contribution in [2.24, 2.45) is 0 Å². The Kier molecular flexibility index (Phi) is 5.94. The van der Waals surface area contributed by atoms with Gasteiger partial charge in [0.15, 0.2) is 11.7 Å². The normalized spacial score (nSPS) is 12.3. The molecule has 0 atom stereocenters. The molecule has 6 nitrogen and oxygen atoms in total. The lowest BCUT2D eigenvalue weighted by molar-refractivity contribution is -0.153. The highest BCUT2D eigenvalue weighted by Gasteiger charge is 2.28. The molecule has 1 amide bonds. The molecule has 0 unspecified atom stereocenters. The van der Waals surface area contributed by atoms with Crippen molar-refractivity contribution in [3.63, 3.8) is 0 Å². The molecule has 0 aliphatic heterocycles. The van der Waals surface area contributed by atoms with E-state index in [9.17, 15) is 35.2 Å². The molecule has 0 saturated heterocycles. The van der Waals surface area contributed by atoms with Gasteiger partial charge in [0, 0.05) is 5.56 Å². The van der Waals surface area contributed by atoms with E-state index in [0.29, 0.717) is 10.2 Å². The molecule has 160 valence electrons. The molecule has 3 aromatic rings. The van der Waals surface area contributed by atoms with Crippen molar-refractivity contribution >= 4 is 42.4 Å². The quantitative estimate of drug-likeness (QED) is 0.542. The topological polar surface area (TPSA) is 85.4 Å². The van der Waals surface area contributed by atoms with Gasteiger partial charge in [-0.1, -0.05) is 11.3 Å². The second-order valence-electron chi connectivity index (χ2n) is 5.84. The van der Waals surface area contributed by atoms with E-state index < -0.39 is 39.2 Å². The van der Waals surface area contributed by atoms with Crippen LogP contribution in [0.15, 0.2) is 47.4 Å². The van der Waals surface area contributed by atoms with Crippen LogP contribution >= 0.6 is 11.3 Å². The van der Waals surface area contributed by atoms with Gasteiger partial charge < -0.3 is 4.74 Å². The number of benzene rings is 2. The van der Waals surface area contributed by atoms with Gasteiger partial charge in [-0.3, -0.25) is 10.1 Å². The van der Waals surface area contributed by atoms with Crippen LogP contribution in [0.3, 0.4) is 0 Å². The number of carbonyl (C=O) groups excluding carboxylic acids is 1. The maximum absolute atomic E-state index is 12.5. The monoisotopic (exact) mass is 466 g/mol. The third-order valence-electron chi connectivity index (χ3n) is 3.66. The van der Waals surface area contributed by atoms with Gasteiger partial charge in [-0.25, -0.2) is 13.4 Å². The van der Waals surface area contributed by atoms with Crippen molar-refractivity contribution in [2.75, 3.05) is 11.9 Å². The minimum Gasteiger partial charge on any atom is -0.484 e. The molecule has 1 heterocycles. The number of ether oxygens (including phenoxy) is 1. The van der Waals surface area contributed by atoms with Crippen LogP contribution in [0.2, 0.25) is 0 Å². The molecule has 1 N–H and O–H groups in total. The van der Waals surface area contributed by atoms with Crippen molar-refractivity contribution in [3.8, 4) is 5.75 Å². The molecule has 2 aromatic carbocycles. The van der Waals surface area contributed by atoms with Crippen LogP contribution in [-0.2, 0) is 9.84 Å². The number of fused-ring (bicyclic) bond motifs is 1. The van der Waals surface area contributed by atoms with Gasteiger partial charge in [0.1, 0.15) is 5.75 Å². The highest BCUT2D eigenvalue weighted by atomic mass is 32.2. The molecule has 0 aliphatic rings. The van der Waals surface area contributed by atoms with Crippen molar-refractivity contribution < 1.29 is 39.9 Å². The third-order valence-corrected chi connectivity index (χ3v) is 5.99. The molecule has 1 aromatic heterocycles. The van der Waals surface area contributed by atoms with Gasteiger partial charge in [-0.2, -0.15) is 22.0 Å². The number of rotatable bonds is 6. The zero-order valence-corrected chi connectivity index (χ0v) is 16.2. The summed E-state index contributed by atoms with van der Waals surface area (Å²) in [6.07, 6.45) is -4.48. The van der Waals surface area contributed by atoms with Gasteiger partial charge in [0.2, 0.25) is 9.84 Å². The molecular weight excluding hydrogens is 455 g/mol. The number of nitrogens with one attached hydrogen (secondary N) is 1. The van der Waals surface area contributed by atoms with E-state index >= 15 is 0 Å². The number of hydrogen-bond acceptors (Lipinski definition) is 6. The van der Waals surface area contributed by atoms with Crippen molar-refractivity contribution in [1.29, 1.82) is 0 Å². The summed E-state index contributed by atoms with van der Waals surface area (Å²) in [5.74, 6) is -4.27. The highest BCUT2D eigenvalue weighted by Crippen LogP contribution is 2.30. The van der Waals surface area contributed by atoms with Gasteiger partial charge in [0.25, 0.3) is 5.91 Å². The molecule has 3 rings (SSSR count). The molecular formula is C17H11F5N2O4S2. The summed E-state index contributed by atoms with van der Waals surface area (Å²) in [7, 11) is -4.77. The Hall–Kier alpha value is -2.80. The standard InChI is InChI=1S/C17H11F5N2O4S2/c18-15(19)30(26,27)11-4-1-9(2-5-11)14(25)24-16-23-12-6-3-10(7-13(12)29-16)28-8-17(20,21)22/h1-7,15H,8H2,(H,23,24,25). The zero-order valence-electron chi connectivity index (χ0n) is 14.6. The first-order chi connectivity index (χ1) is 14.0. The van der Waals surface area contributed by atoms with Gasteiger partial charge >= 0.3 is 11.9 Å². The van der Waals surface area contributed by atoms with E-state index in [-0.39, 0.29) is 16.4 Å². The second-order valence-corrected chi connectivity index (χ2v) is 8.78. The number of alkyl halides is 5. The molecule has 0 fully saturated rings. The van der Waals surface area contributed by atoms with Crippen LogP contribution in [-0.4, -0.2) is 37.8 Å². The molecule has 0 aliphatic carbocycles. The molecule has 0 saturated carbocycles. The fourth-order valence-corrected chi connectivity index (χ4v) is 3.89. The van der Waals surface area contributed by atoms with Crippen LogP contribution in [0.5, 0.6) is 5.75 Å². The van der Waals surface area contributed by atoms with Crippen molar-refractivity contribution in [1.82, 2.24) is 4.98 Å². The Bertz CT molecular complexity index is 1180. The number of sulfone groups is 1. The van der Waals surface area contributed by atoms with E-state index in [2.05, 4.69) is 15.0 Å². The van der Waals surface area contributed by atoms with E-state index in [1.807, 2.05) is 0 Å². The molecule has 0 spiro atoms. The Morgan fingerprint density at radius 2 is 1.80 bits per heavy atom. The minimum absolute atomic E-state index is 0.00308. The SMILES string of the molecule is O=C(Nc1nc2ccc(OCC(F)(F)F)cc2s1)c1ccc(S(=O)(=O)C(F)F)cc1. The summed E-state index contributed by atoms with van der Waals surface area (Å²) in [5, 5.41) is 2.59. The van der Waals surface area contributed by atoms with E-state index in [1.54, 1.807) is 0 Å². The zero-order chi connectivity index (χ0) is 22.1. The number of amides is 1. The lowest BCUT2D eigenvalue weighted by atomic mass is 10.2. The largest absolute Gasteiger partial charge is 0.484 e. The average Bonchev–Trinajstić information content (AvgIpc) is 3.07.